The van der Waals surface area contributed by atoms with E-state index in [4.69, 9.17) is 0 Å². The summed E-state index contributed by atoms with van der Waals surface area (Å²) in [5.41, 5.74) is 2.08. The summed E-state index contributed by atoms with van der Waals surface area (Å²) in [4.78, 5) is 11.4. The van der Waals surface area contributed by atoms with Crippen LogP contribution in [0.2, 0.25) is 0 Å². The highest BCUT2D eigenvalue weighted by Crippen LogP contribution is 2.38. The summed E-state index contributed by atoms with van der Waals surface area (Å²) in [7, 11) is 0. The molecule has 2 aliphatic rings. The molecule has 1 saturated heterocycles. The standard InChI is InChI=1S/C11H10FNO/c12-8-2-1-6-3-7-4-10(9(6)5-8)13-11(7)14/h1-2,5,7,10H,3-4H2,(H,13,14). The summed E-state index contributed by atoms with van der Waals surface area (Å²) in [6.45, 7) is 0. The number of hydrogen-bond acceptors (Lipinski definition) is 1. The van der Waals surface area contributed by atoms with Crippen molar-refractivity contribution in [1.82, 2.24) is 5.32 Å². The molecule has 0 aromatic heterocycles. The second-order valence-electron chi connectivity index (χ2n) is 4.04. The number of carbonyl (C=O) groups is 1. The van der Waals surface area contributed by atoms with Crippen LogP contribution in [0.3, 0.4) is 0 Å². The lowest BCUT2D eigenvalue weighted by atomic mass is 9.84. The van der Waals surface area contributed by atoms with Crippen molar-refractivity contribution in [2.24, 2.45) is 5.92 Å². The smallest absolute Gasteiger partial charge is 0.224 e. The van der Waals surface area contributed by atoms with E-state index >= 15 is 0 Å². The minimum Gasteiger partial charge on any atom is -0.349 e. The minimum atomic E-state index is -0.219. The summed E-state index contributed by atoms with van der Waals surface area (Å²) in [6, 6.07) is 4.85. The van der Waals surface area contributed by atoms with Crippen molar-refractivity contribution < 1.29 is 9.18 Å². The maximum Gasteiger partial charge on any atom is 0.224 e. The molecule has 1 aliphatic heterocycles. The Kier molecular flexibility index (Phi) is 1.46. The predicted molar refractivity (Wildman–Crippen MR) is 49.1 cm³/mol. The summed E-state index contributed by atoms with van der Waals surface area (Å²) < 4.78 is 13.0. The number of fused-ring (bicyclic) bond motifs is 4. The van der Waals surface area contributed by atoms with Crippen molar-refractivity contribution in [1.29, 1.82) is 0 Å². The first kappa shape index (κ1) is 7.97. The number of carbonyl (C=O) groups excluding carboxylic acids is 1. The van der Waals surface area contributed by atoms with E-state index in [0.717, 1.165) is 24.0 Å². The number of nitrogens with one attached hydrogen (secondary N) is 1. The van der Waals surface area contributed by atoms with Gasteiger partial charge in [0.2, 0.25) is 5.91 Å². The first-order valence-electron chi connectivity index (χ1n) is 4.83. The lowest BCUT2D eigenvalue weighted by Crippen LogP contribution is -2.19. The first-order valence-corrected chi connectivity index (χ1v) is 4.83. The fourth-order valence-electron chi connectivity index (χ4n) is 2.46. The van der Waals surface area contributed by atoms with Crippen molar-refractivity contribution in [2.45, 2.75) is 18.9 Å². The Labute approximate surface area is 81.1 Å². The van der Waals surface area contributed by atoms with Crippen LogP contribution in [0, 0.1) is 11.7 Å². The average Bonchev–Trinajstić information content (AvgIpc) is 2.46. The van der Waals surface area contributed by atoms with Crippen LogP contribution in [0.5, 0.6) is 0 Å². The van der Waals surface area contributed by atoms with E-state index < -0.39 is 0 Å². The Morgan fingerprint density at radius 1 is 1.43 bits per heavy atom. The van der Waals surface area contributed by atoms with E-state index in [2.05, 4.69) is 5.32 Å². The zero-order valence-electron chi connectivity index (χ0n) is 7.59. The highest BCUT2D eigenvalue weighted by atomic mass is 19.1. The molecule has 1 amide bonds. The van der Waals surface area contributed by atoms with Crippen molar-refractivity contribution in [3.63, 3.8) is 0 Å². The zero-order valence-corrected chi connectivity index (χ0v) is 7.59. The molecule has 1 fully saturated rings. The lowest BCUT2D eigenvalue weighted by Gasteiger charge is -2.20. The van der Waals surface area contributed by atoms with E-state index in [9.17, 15) is 9.18 Å². The molecule has 3 heteroatoms. The Morgan fingerprint density at radius 2 is 2.29 bits per heavy atom. The Morgan fingerprint density at radius 3 is 3.14 bits per heavy atom. The van der Waals surface area contributed by atoms with Gasteiger partial charge in [-0.15, -0.1) is 0 Å². The molecule has 2 unspecified atom stereocenters. The third kappa shape index (κ3) is 0.983. The van der Waals surface area contributed by atoms with Gasteiger partial charge in [0.05, 0.1) is 6.04 Å². The molecular formula is C11H10FNO. The summed E-state index contributed by atoms with van der Waals surface area (Å²) in [6.07, 6.45) is 1.59. The van der Waals surface area contributed by atoms with Gasteiger partial charge in [0, 0.05) is 5.92 Å². The van der Waals surface area contributed by atoms with E-state index in [0.29, 0.717) is 0 Å². The van der Waals surface area contributed by atoms with Gasteiger partial charge < -0.3 is 5.32 Å². The van der Waals surface area contributed by atoms with Crippen LogP contribution in [0.15, 0.2) is 18.2 Å². The Bertz CT molecular complexity index is 416. The Hall–Kier alpha value is -1.38. The van der Waals surface area contributed by atoms with Crippen LogP contribution in [-0.4, -0.2) is 5.91 Å². The van der Waals surface area contributed by atoms with Crippen molar-refractivity contribution >= 4 is 5.91 Å². The summed E-state index contributed by atoms with van der Waals surface area (Å²) in [5, 5.41) is 2.89. The average molecular weight is 191 g/mol. The molecule has 2 nitrogen and oxygen atoms in total. The molecule has 1 aromatic carbocycles. The molecule has 0 spiro atoms. The van der Waals surface area contributed by atoms with Gasteiger partial charge in [-0.3, -0.25) is 4.79 Å². The van der Waals surface area contributed by atoms with Gasteiger partial charge in [0.1, 0.15) is 5.82 Å². The molecule has 1 N–H and O–H groups in total. The summed E-state index contributed by atoms with van der Waals surface area (Å²) >= 11 is 0. The highest BCUT2D eigenvalue weighted by molar-refractivity contribution is 5.83. The zero-order chi connectivity index (χ0) is 9.71. The molecule has 1 aliphatic carbocycles. The van der Waals surface area contributed by atoms with Crippen molar-refractivity contribution in [3.8, 4) is 0 Å². The minimum absolute atomic E-state index is 0.0481. The molecule has 3 rings (SSSR count). The Balaban J connectivity index is 2.12. The van der Waals surface area contributed by atoms with Gasteiger partial charge >= 0.3 is 0 Å². The highest BCUT2D eigenvalue weighted by Gasteiger charge is 2.38. The maximum absolute atomic E-state index is 13.0. The monoisotopic (exact) mass is 191 g/mol. The van der Waals surface area contributed by atoms with Crippen LogP contribution in [-0.2, 0) is 11.2 Å². The van der Waals surface area contributed by atoms with Gasteiger partial charge in [-0.25, -0.2) is 4.39 Å². The van der Waals surface area contributed by atoms with E-state index in [-0.39, 0.29) is 23.7 Å². The maximum atomic E-state index is 13.0. The number of amides is 1. The third-order valence-electron chi connectivity index (χ3n) is 3.16. The molecule has 1 heterocycles. The number of rotatable bonds is 0. The van der Waals surface area contributed by atoms with E-state index in [1.807, 2.05) is 0 Å². The quantitative estimate of drug-likeness (QED) is 0.662. The van der Waals surface area contributed by atoms with Crippen molar-refractivity contribution in [2.75, 3.05) is 0 Å². The van der Waals surface area contributed by atoms with Gasteiger partial charge in [0.15, 0.2) is 0 Å². The van der Waals surface area contributed by atoms with Crippen LogP contribution in [0.4, 0.5) is 4.39 Å². The molecule has 2 atom stereocenters. The molecule has 14 heavy (non-hydrogen) atoms. The topological polar surface area (TPSA) is 29.1 Å². The lowest BCUT2D eigenvalue weighted by molar-refractivity contribution is -0.122. The fraction of sp³-hybridized carbons (Fsp3) is 0.364. The summed E-state index contributed by atoms with van der Waals surface area (Å²) in [5.74, 6) is 0.00733. The molecule has 1 aromatic rings. The fourth-order valence-corrected chi connectivity index (χ4v) is 2.46. The van der Waals surface area contributed by atoms with Crippen molar-refractivity contribution in [3.05, 3.63) is 35.1 Å². The largest absolute Gasteiger partial charge is 0.349 e. The van der Waals surface area contributed by atoms with Gasteiger partial charge in [-0.1, -0.05) is 6.07 Å². The van der Waals surface area contributed by atoms with Gasteiger partial charge in [-0.05, 0) is 36.1 Å². The molecule has 72 valence electrons. The van der Waals surface area contributed by atoms with Crippen LogP contribution in [0.1, 0.15) is 23.6 Å². The van der Waals surface area contributed by atoms with E-state index in [1.165, 1.54) is 6.07 Å². The van der Waals surface area contributed by atoms with Gasteiger partial charge in [-0.2, -0.15) is 0 Å². The van der Waals surface area contributed by atoms with Crippen LogP contribution < -0.4 is 5.32 Å². The molecular weight excluding hydrogens is 181 g/mol. The van der Waals surface area contributed by atoms with Crippen LogP contribution in [0.25, 0.3) is 0 Å². The SMILES string of the molecule is O=C1NC2CC1Cc1ccc(F)cc12. The molecule has 0 radical (unpaired) electrons. The predicted octanol–water partition coefficient (Wildman–Crippen LogP) is 1.56. The third-order valence-corrected chi connectivity index (χ3v) is 3.16. The first-order chi connectivity index (χ1) is 6.74. The van der Waals surface area contributed by atoms with Gasteiger partial charge in [0.25, 0.3) is 0 Å². The number of halogens is 1. The van der Waals surface area contributed by atoms with E-state index in [1.54, 1.807) is 12.1 Å². The molecule has 2 bridgehead atoms. The van der Waals surface area contributed by atoms with Crippen LogP contribution >= 0.6 is 0 Å². The number of hydrogen-bond donors (Lipinski definition) is 1. The molecule has 0 saturated carbocycles. The number of benzene rings is 1. The second-order valence-corrected chi connectivity index (χ2v) is 4.04. The normalized spacial score (nSPS) is 28.5. The second kappa shape index (κ2) is 2.56.